The molecule has 0 saturated heterocycles. The van der Waals surface area contributed by atoms with E-state index < -0.39 is 29.2 Å². The number of halogens is 2. The monoisotopic (exact) mass is 313 g/mol. The van der Waals surface area contributed by atoms with Crippen LogP contribution in [0.4, 0.5) is 4.39 Å². The Morgan fingerprint density at radius 3 is 2.48 bits per heavy atom. The van der Waals surface area contributed by atoms with E-state index in [1.165, 1.54) is 24.3 Å². The first-order chi connectivity index (χ1) is 9.62. The van der Waals surface area contributed by atoms with Crippen molar-refractivity contribution in [2.24, 2.45) is 5.41 Å². The topological polar surface area (TPSA) is 66.4 Å². The molecule has 0 aliphatic rings. The predicted octanol–water partition coefficient (Wildman–Crippen LogP) is 3.11. The van der Waals surface area contributed by atoms with Crippen LogP contribution in [0.1, 0.15) is 26.3 Å². The molecule has 0 aromatic heterocycles. The van der Waals surface area contributed by atoms with Crippen LogP contribution < -0.4 is 5.32 Å². The molecule has 2 N–H and O–H groups in total. The van der Waals surface area contributed by atoms with Gasteiger partial charge in [-0.25, -0.2) is 9.18 Å². The molecule has 0 unspecified atom stereocenters. The van der Waals surface area contributed by atoms with Gasteiger partial charge in [0.25, 0.3) is 0 Å². The van der Waals surface area contributed by atoms with E-state index in [2.05, 4.69) is 5.32 Å². The Bertz CT molecular complexity index is 559. The zero-order valence-electron chi connectivity index (χ0n) is 12.0. The first-order valence-corrected chi connectivity index (χ1v) is 6.66. The Labute approximate surface area is 127 Å². The van der Waals surface area contributed by atoms with E-state index in [9.17, 15) is 14.0 Å². The number of carbonyl (C=O) groups is 2. The Hall–Kier alpha value is -1.88. The first kappa shape index (κ1) is 17.2. The molecule has 0 aliphatic carbocycles. The van der Waals surface area contributed by atoms with Crippen LogP contribution in [-0.2, 0) is 9.59 Å². The molecule has 0 saturated carbocycles. The maximum absolute atomic E-state index is 13.5. The number of benzene rings is 1. The summed E-state index contributed by atoms with van der Waals surface area (Å²) in [5, 5.41) is 11.7. The number of hydrogen-bond donors (Lipinski definition) is 2. The standard InChI is InChI=1S/C15H17ClFNO3/c1-15(2,3)13(14(20)21)18-12(19)8-7-9-10(16)5-4-6-11(9)17/h4-8,13H,1-3H3,(H,18,19)(H,20,21)/b8-7+/t13-/m1/s1. The number of amides is 1. The summed E-state index contributed by atoms with van der Waals surface area (Å²) in [6.45, 7) is 5.09. The van der Waals surface area contributed by atoms with Crippen molar-refractivity contribution in [3.8, 4) is 0 Å². The molecule has 4 nitrogen and oxygen atoms in total. The minimum atomic E-state index is -1.13. The second-order valence-corrected chi connectivity index (χ2v) is 6.02. The second kappa shape index (κ2) is 6.72. The number of carboxylic acid groups (broad SMARTS) is 1. The van der Waals surface area contributed by atoms with Gasteiger partial charge in [-0.3, -0.25) is 4.79 Å². The van der Waals surface area contributed by atoms with Crippen LogP contribution in [0.15, 0.2) is 24.3 Å². The van der Waals surface area contributed by atoms with Gasteiger partial charge in [-0.15, -0.1) is 0 Å². The van der Waals surface area contributed by atoms with Crippen molar-refractivity contribution in [2.75, 3.05) is 0 Å². The lowest BCUT2D eigenvalue weighted by Gasteiger charge is -2.27. The molecule has 0 fully saturated rings. The third-order valence-corrected chi connectivity index (χ3v) is 3.13. The van der Waals surface area contributed by atoms with Crippen LogP contribution in [0, 0.1) is 11.2 Å². The summed E-state index contributed by atoms with van der Waals surface area (Å²) in [6.07, 6.45) is 2.28. The van der Waals surface area contributed by atoms with Crippen molar-refractivity contribution >= 4 is 29.6 Å². The summed E-state index contributed by atoms with van der Waals surface area (Å²) in [5.41, 5.74) is -0.567. The van der Waals surface area contributed by atoms with Gasteiger partial charge in [0.15, 0.2) is 0 Å². The number of carboxylic acids is 1. The van der Waals surface area contributed by atoms with Crippen LogP contribution in [0.2, 0.25) is 5.02 Å². The number of hydrogen-bond acceptors (Lipinski definition) is 2. The molecule has 0 radical (unpaired) electrons. The number of carbonyl (C=O) groups excluding carboxylic acids is 1. The van der Waals surface area contributed by atoms with Crippen LogP contribution >= 0.6 is 11.6 Å². The van der Waals surface area contributed by atoms with Crippen molar-refractivity contribution in [2.45, 2.75) is 26.8 Å². The highest BCUT2D eigenvalue weighted by Crippen LogP contribution is 2.21. The van der Waals surface area contributed by atoms with Crippen LogP contribution in [0.25, 0.3) is 6.08 Å². The van der Waals surface area contributed by atoms with Gasteiger partial charge in [0.2, 0.25) is 5.91 Å². The summed E-state index contributed by atoms with van der Waals surface area (Å²) in [7, 11) is 0. The summed E-state index contributed by atoms with van der Waals surface area (Å²) in [6, 6.07) is 3.12. The van der Waals surface area contributed by atoms with Crippen molar-refractivity contribution in [3.63, 3.8) is 0 Å². The Balaban J connectivity index is 2.86. The van der Waals surface area contributed by atoms with Gasteiger partial charge < -0.3 is 10.4 Å². The molecule has 0 aliphatic heterocycles. The van der Waals surface area contributed by atoms with Gasteiger partial charge in [-0.1, -0.05) is 38.4 Å². The van der Waals surface area contributed by atoms with E-state index in [1.807, 2.05) is 0 Å². The zero-order chi connectivity index (χ0) is 16.2. The lowest BCUT2D eigenvalue weighted by Crippen LogP contribution is -2.48. The summed E-state index contributed by atoms with van der Waals surface area (Å²) in [5.74, 6) is -2.32. The SMILES string of the molecule is CC(C)(C)[C@H](NC(=O)/C=C/c1c(F)cccc1Cl)C(=O)O. The molecule has 0 bridgehead atoms. The Morgan fingerprint density at radius 2 is 2.00 bits per heavy atom. The molecule has 114 valence electrons. The fourth-order valence-corrected chi connectivity index (χ4v) is 1.89. The van der Waals surface area contributed by atoms with E-state index in [-0.39, 0.29) is 10.6 Å². The minimum Gasteiger partial charge on any atom is -0.480 e. The highest BCUT2D eigenvalue weighted by atomic mass is 35.5. The minimum absolute atomic E-state index is 0.0805. The second-order valence-electron chi connectivity index (χ2n) is 5.61. The van der Waals surface area contributed by atoms with Crippen LogP contribution in [0.3, 0.4) is 0 Å². The highest BCUT2D eigenvalue weighted by Gasteiger charge is 2.32. The maximum Gasteiger partial charge on any atom is 0.326 e. The normalized spacial score (nSPS) is 13.2. The summed E-state index contributed by atoms with van der Waals surface area (Å²) < 4.78 is 13.5. The van der Waals surface area contributed by atoms with Crippen molar-refractivity contribution in [1.29, 1.82) is 0 Å². The first-order valence-electron chi connectivity index (χ1n) is 6.28. The lowest BCUT2D eigenvalue weighted by molar-refractivity contribution is -0.144. The van der Waals surface area contributed by atoms with E-state index in [0.717, 1.165) is 6.08 Å². The number of aliphatic carboxylic acids is 1. The average Bonchev–Trinajstić information content (AvgIpc) is 2.33. The Kier molecular flexibility index (Phi) is 5.49. The van der Waals surface area contributed by atoms with E-state index in [1.54, 1.807) is 20.8 Å². The molecule has 6 heteroatoms. The molecule has 21 heavy (non-hydrogen) atoms. The maximum atomic E-state index is 13.5. The molecular weight excluding hydrogens is 297 g/mol. The quantitative estimate of drug-likeness (QED) is 0.839. The smallest absolute Gasteiger partial charge is 0.326 e. The van der Waals surface area contributed by atoms with Crippen molar-refractivity contribution < 1.29 is 19.1 Å². The fourth-order valence-electron chi connectivity index (χ4n) is 1.67. The summed E-state index contributed by atoms with van der Waals surface area (Å²) in [4.78, 5) is 22.9. The third-order valence-electron chi connectivity index (χ3n) is 2.80. The third kappa shape index (κ3) is 4.86. The summed E-state index contributed by atoms with van der Waals surface area (Å²) >= 11 is 5.82. The zero-order valence-corrected chi connectivity index (χ0v) is 12.7. The number of rotatable bonds is 4. The highest BCUT2D eigenvalue weighted by molar-refractivity contribution is 6.32. The largest absolute Gasteiger partial charge is 0.480 e. The Morgan fingerprint density at radius 1 is 1.38 bits per heavy atom. The fraction of sp³-hybridized carbons (Fsp3) is 0.333. The molecule has 1 aromatic rings. The molecule has 0 heterocycles. The van der Waals surface area contributed by atoms with E-state index in [4.69, 9.17) is 16.7 Å². The van der Waals surface area contributed by atoms with E-state index >= 15 is 0 Å². The lowest BCUT2D eigenvalue weighted by atomic mass is 9.87. The van der Waals surface area contributed by atoms with Gasteiger partial charge in [0, 0.05) is 11.6 Å². The van der Waals surface area contributed by atoms with Crippen molar-refractivity contribution in [3.05, 3.63) is 40.7 Å². The molecule has 0 spiro atoms. The van der Waals surface area contributed by atoms with Gasteiger partial charge in [0.05, 0.1) is 5.02 Å². The molecule has 1 amide bonds. The van der Waals surface area contributed by atoms with Crippen molar-refractivity contribution in [1.82, 2.24) is 5.32 Å². The molecule has 1 rings (SSSR count). The average molecular weight is 314 g/mol. The van der Waals surface area contributed by atoms with Gasteiger partial charge in [-0.05, 0) is 23.6 Å². The molecular formula is C15H17ClFNO3. The molecule has 1 atom stereocenters. The van der Waals surface area contributed by atoms with Gasteiger partial charge in [0.1, 0.15) is 11.9 Å². The van der Waals surface area contributed by atoms with Crippen LogP contribution in [-0.4, -0.2) is 23.0 Å². The predicted molar refractivity (Wildman–Crippen MR) is 79.5 cm³/mol. The molecule has 1 aromatic carbocycles. The van der Waals surface area contributed by atoms with E-state index in [0.29, 0.717) is 0 Å². The number of nitrogens with one attached hydrogen (secondary N) is 1. The van der Waals surface area contributed by atoms with Gasteiger partial charge >= 0.3 is 5.97 Å². The van der Waals surface area contributed by atoms with Gasteiger partial charge in [-0.2, -0.15) is 0 Å². The van der Waals surface area contributed by atoms with Crippen LogP contribution in [0.5, 0.6) is 0 Å².